The predicted octanol–water partition coefficient (Wildman–Crippen LogP) is 10.9. The van der Waals surface area contributed by atoms with Gasteiger partial charge in [0.15, 0.2) is 0 Å². The Hall–Kier alpha value is -6.00. The molecule has 0 spiro atoms. The fraction of sp³-hybridized carbons (Fsp3) is 0.0500. The Kier molecular flexibility index (Phi) is 9.65. The Balaban J connectivity index is 1.72. The third-order valence-corrected chi connectivity index (χ3v) is 8.01. The largest absolute Gasteiger partial charge is 0.438 e. The van der Waals surface area contributed by atoms with Gasteiger partial charge in [0, 0.05) is 16.9 Å². The van der Waals surface area contributed by atoms with Crippen molar-refractivity contribution in [2.45, 2.75) is 11.4 Å². The van der Waals surface area contributed by atoms with Gasteiger partial charge in [-0.15, -0.1) is 0 Å². The third kappa shape index (κ3) is 6.79. The van der Waals surface area contributed by atoms with Gasteiger partial charge in [0.2, 0.25) is 11.4 Å². The van der Waals surface area contributed by atoms with Crippen LogP contribution in [0.5, 0.6) is 0 Å². The van der Waals surface area contributed by atoms with Gasteiger partial charge < -0.3 is 9.47 Å². The third-order valence-electron chi connectivity index (χ3n) is 8.01. The molecule has 2 aliphatic carbocycles. The van der Waals surface area contributed by atoms with Crippen LogP contribution >= 0.6 is 0 Å². The molecule has 2 aliphatic rings. The number of para-hydroxylation sites is 2. The summed E-state index contributed by atoms with van der Waals surface area (Å²) in [6.45, 7) is 0. The number of halogens is 6. The lowest BCUT2D eigenvalue weighted by molar-refractivity contribution is 0.0329. The van der Waals surface area contributed by atoms with E-state index < -0.39 is 35.6 Å². The molecule has 0 amide bonds. The van der Waals surface area contributed by atoms with Crippen LogP contribution in [-0.2, 0) is 9.47 Å². The van der Waals surface area contributed by atoms with Gasteiger partial charge in [-0.2, -0.15) is 26.3 Å². The first-order valence-corrected chi connectivity index (χ1v) is 15.3. The Bertz CT molecular complexity index is 2010. The number of rotatable bonds is 9. The van der Waals surface area contributed by atoms with Crippen molar-refractivity contribution in [2.24, 2.45) is 5.73 Å². The lowest BCUT2D eigenvalue weighted by Gasteiger charge is -2.46. The van der Waals surface area contributed by atoms with Crippen molar-refractivity contribution in [3.8, 4) is 0 Å². The van der Waals surface area contributed by atoms with Crippen molar-refractivity contribution >= 4 is 22.5 Å². The lowest BCUT2D eigenvalue weighted by atomic mass is 9.76. The molecule has 0 fully saturated rings. The lowest BCUT2D eigenvalue weighted by Crippen LogP contribution is -2.49. The quantitative estimate of drug-likeness (QED) is 0.108. The molecule has 0 saturated heterocycles. The monoisotopic (exact) mass is 682 g/mol. The van der Waals surface area contributed by atoms with Crippen LogP contribution in [0.2, 0.25) is 0 Å². The van der Waals surface area contributed by atoms with Crippen LogP contribution in [0.25, 0.3) is 11.1 Å². The molecule has 1 atom stereocenters. The number of hydrogen-bond donors (Lipinski definition) is 1. The van der Waals surface area contributed by atoms with Gasteiger partial charge in [-0.05, 0) is 70.3 Å². The molecular weight excluding hydrogens is 654 g/mol. The zero-order valence-electron chi connectivity index (χ0n) is 26.1. The van der Waals surface area contributed by atoms with Crippen LogP contribution in [0.1, 0.15) is 11.1 Å². The van der Waals surface area contributed by atoms with E-state index in [0.29, 0.717) is 39.2 Å². The van der Waals surface area contributed by atoms with Crippen molar-refractivity contribution in [3.05, 3.63) is 204 Å². The average molecular weight is 683 g/mol. The van der Waals surface area contributed by atoms with Crippen molar-refractivity contribution in [1.29, 1.82) is 0 Å². The zero-order valence-corrected chi connectivity index (χ0v) is 26.1. The second-order valence-corrected chi connectivity index (χ2v) is 11.2. The van der Waals surface area contributed by atoms with Crippen LogP contribution in [0.4, 0.5) is 37.7 Å². The summed E-state index contributed by atoms with van der Waals surface area (Å²) >= 11 is 0. The van der Waals surface area contributed by atoms with Crippen molar-refractivity contribution < 1.29 is 35.8 Å². The Labute approximate surface area is 284 Å². The molecule has 6 rings (SSSR count). The number of benzene rings is 4. The summed E-state index contributed by atoms with van der Waals surface area (Å²) in [5.74, 6) is 0. The molecule has 2 N–H and O–H groups in total. The maximum absolute atomic E-state index is 15.5. The predicted molar refractivity (Wildman–Crippen MR) is 182 cm³/mol. The van der Waals surface area contributed by atoms with E-state index in [9.17, 15) is 22.0 Å². The van der Waals surface area contributed by atoms with Crippen molar-refractivity contribution in [1.82, 2.24) is 0 Å². The van der Waals surface area contributed by atoms with E-state index in [1.807, 2.05) is 0 Å². The van der Waals surface area contributed by atoms with Crippen molar-refractivity contribution in [3.63, 3.8) is 0 Å². The molecule has 0 saturated carbocycles. The Morgan fingerprint density at radius 2 is 0.960 bits per heavy atom. The zero-order chi connectivity index (χ0) is 35.3. The van der Waals surface area contributed by atoms with Gasteiger partial charge in [0.05, 0.1) is 0 Å². The first-order valence-electron chi connectivity index (χ1n) is 15.3. The normalized spacial score (nSPS) is 19.7. The molecule has 4 nitrogen and oxygen atoms in total. The fourth-order valence-corrected chi connectivity index (χ4v) is 5.95. The topological polar surface area (TPSA) is 47.7 Å². The number of nitrogens with two attached hydrogens (primary N) is 1. The number of ether oxygens (including phenoxy) is 2. The number of hydrogen-bond acceptors (Lipinski definition) is 4. The van der Waals surface area contributed by atoms with Crippen LogP contribution in [0.3, 0.4) is 0 Å². The smallest absolute Gasteiger partial charge is 0.342 e. The molecule has 0 radical (unpaired) electrons. The molecule has 4 aromatic carbocycles. The van der Waals surface area contributed by atoms with E-state index in [-0.39, 0.29) is 5.57 Å². The molecule has 0 aromatic heterocycles. The average Bonchev–Trinajstić information content (AvgIpc) is 3.13. The summed E-state index contributed by atoms with van der Waals surface area (Å²) < 4.78 is 93.8. The van der Waals surface area contributed by atoms with Gasteiger partial charge in [-0.3, -0.25) is 10.6 Å². The molecular formula is C40H28F6N2O2. The van der Waals surface area contributed by atoms with Crippen LogP contribution in [0, 0.1) is 0 Å². The Morgan fingerprint density at radius 1 is 0.520 bits per heavy atom. The highest BCUT2D eigenvalue weighted by molar-refractivity contribution is 6.07. The van der Waals surface area contributed by atoms with Crippen LogP contribution in [-0.4, -0.2) is 11.4 Å². The molecule has 0 aliphatic heterocycles. The molecule has 0 heterocycles. The maximum Gasteiger partial charge on any atom is 0.342 e. The van der Waals surface area contributed by atoms with E-state index in [1.165, 1.54) is 30.4 Å². The molecule has 0 bridgehead atoms. The minimum atomic E-state index is -2.67. The minimum absolute atomic E-state index is 0.287. The molecule has 50 heavy (non-hydrogen) atoms. The highest BCUT2D eigenvalue weighted by Crippen LogP contribution is 2.52. The highest BCUT2D eigenvalue weighted by Gasteiger charge is 2.48. The summed E-state index contributed by atoms with van der Waals surface area (Å²) in [6.07, 6.45) is 3.11. The summed E-state index contributed by atoms with van der Waals surface area (Å²) in [6, 6.07) is 31.2. The first kappa shape index (κ1) is 33.9. The Morgan fingerprint density at radius 3 is 1.44 bits per heavy atom. The first-order chi connectivity index (χ1) is 24.1. The fourth-order valence-electron chi connectivity index (χ4n) is 5.95. The summed E-state index contributed by atoms with van der Waals surface area (Å²) in [5.41, 5.74) is 5.72. The van der Waals surface area contributed by atoms with E-state index >= 15 is 4.39 Å². The molecule has 10 heteroatoms. The van der Waals surface area contributed by atoms with E-state index in [2.05, 4.69) is 4.74 Å². The maximum atomic E-state index is 15.5. The summed E-state index contributed by atoms with van der Waals surface area (Å²) in [5, 5.41) is 0. The van der Waals surface area contributed by atoms with Crippen LogP contribution < -0.4 is 10.6 Å². The SMILES string of the molecule is NC1(OC(F)=C(F)F)C=CC(=C2C=CC(OC(F)=C(F)F)(N(c3ccccc3)c3ccccc3)C(c3ccccc3)=C2c2ccccc2)C=C1. The molecule has 4 aromatic rings. The number of nitrogens with zero attached hydrogens (tertiary/aromatic N) is 1. The molecule has 252 valence electrons. The van der Waals surface area contributed by atoms with Gasteiger partial charge in [-0.1, -0.05) is 115 Å². The standard InChI is InChI=1S/C40H28F6N2O2/c41-35(42)37(45)49-39(47)24-21-27(22-25-39)32-23-26-40(50-38(46)36(43)44,48(30-17-9-3-10-18-30)31-19-11-4-12-20-31)34(29-15-7-2-8-16-29)33(32)28-13-5-1-6-14-28/h1-26H,47H2. The van der Waals surface area contributed by atoms with Gasteiger partial charge >= 0.3 is 24.2 Å². The highest BCUT2D eigenvalue weighted by atomic mass is 19.3. The number of anilines is 2. The van der Waals surface area contributed by atoms with Crippen molar-refractivity contribution in [2.75, 3.05) is 4.90 Å². The van der Waals surface area contributed by atoms with E-state index in [0.717, 1.165) is 0 Å². The van der Waals surface area contributed by atoms with Gasteiger partial charge in [0.1, 0.15) is 0 Å². The van der Waals surface area contributed by atoms with Crippen LogP contribution in [0.15, 0.2) is 193 Å². The van der Waals surface area contributed by atoms with Gasteiger partial charge in [0.25, 0.3) is 0 Å². The second-order valence-electron chi connectivity index (χ2n) is 11.2. The molecule has 1 unspecified atom stereocenters. The van der Waals surface area contributed by atoms with E-state index in [1.54, 1.807) is 132 Å². The number of allylic oxidation sites excluding steroid dienone is 6. The second kappa shape index (κ2) is 14.2. The van der Waals surface area contributed by atoms with Gasteiger partial charge in [-0.25, -0.2) is 0 Å². The van der Waals surface area contributed by atoms with E-state index in [4.69, 9.17) is 10.5 Å². The minimum Gasteiger partial charge on any atom is -0.438 e. The summed E-state index contributed by atoms with van der Waals surface area (Å²) in [4.78, 5) is 1.63. The summed E-state index contributed by atoms with van der Waals surface area (Å²) in [7, 11) is 0.